The van der Waals surface area contributed by atoms with Gasteiger partial charge in [-0.05, 0) is 19.3 Å². The predicted octanol–water partition coefficient (Wildman–Crippen LogP) is 2.25. The fourth-order valence-electron chi connectivity index (χ4n) is 1.98. The van der Waals surface area contributed by atoms with Crippen LogP contribution in [0.2, 0.25) is 0 Å². The predicted molar refractivity (Wildman–Crippen MR) is 70.7 cm³/mol. The van der Waals surface area contributed by atoms with Crippen molar-refractivity contribution in [1.82, 2.24) is 4.90 Å². The summed E-state index contributed by atoms with van der Waals surface area (Å²) in [5.41, 5.74) is 5.65. The van der Waals surface area contributed by atoms with Crippen molar-refractivity contribution in [2.24, 2.45) is 5.73 Å². The van der Waals surface area contributed by atoms with Gasteiger partial charge in [-0.2, -0.15) is 0 Å². The molecule has 0 bridgehead atoms. The highest BCUT2D eigenvalue weighted by Crippen LogP contribution is 2.07. The van der Waals surface area contributed by atoms with Gasteiger partial charge in [-0.3, -0.25) is 4.90 Å². The van der Waals surface area contributed by atoms with Crippen molar-refractivity contribution in [3.63, 3.8) is 0 Å². The minimum atomic E-state index is 0.665. The molecular formula is C13H30N2O. The van der Waals surface area contributed by atoms with Crippen LogP contribution in [0.5, 0.6) is 0 Å². The summed E-state index contributed by atoms with van der Waals surface area (Å²) in [6.45, 7) is 11.2. The van der Waals surface area contributed by atoms with Crippen molar-refractivity contribution in [1.29, 1.82) is 0 Å². The van der Waals surface area contributed by atoms with Gasteiger partial charge in [0.25, 0.3) is 0 Å². The summed E-state index contributed by atoms with van der Waals surface area (Å²) >= 11 is 0. The number of ether oxygens (including phenoxy) is 1. The van der Waals surface area contributed by atoms with Gasteiger partial charge in [0.2, 0.25) is 0 Å². The lowest BCUT2D eigenvalue weighted by Crippen LogP contribution is -2.40. The molecule has 0 atom stereocenters. The summed E-state index contributed by atoms with van der Waals surface area (Å²) in [5, 5.41) is 0. The van der Waals surface area contributed by atoms with Crippen LogP contribution in [0.15, 0.2) is 0 Å². The third-order valence-electron chi connectivity index (χ3n) is 3.04. The molecule has 0 fully saturated rings. The molecule has 0 aromatic heterocycles. The third kappa shape index (κ3) is 7.20. The summed E-state index contributed by atoms with van der Waals surface area (Å²) in [6, 6.07) is 0.665. The van der Waals surface area contributed by atoms with Crippen molar-refractivity contribution in [2.45, 2.75) is 52.5 Å². The van der Waals surface area contributed by atoms with Crippen LogP contribution in [0.1, 0.15) is 46.5 Å². The summed E-state index contributed by atoms with van der Waals surface area (Å²) in [5.74, 6) is 0. The molecule has 0 aliphatic carbocycles. The van der Waals surface area contributed by atoms with Crippen molar-refractivity contribution in [3.8, 4) is 0 Å². The van der Waals surface area contributed by atoms with Crippen molar-refractivity contribution in [3.05, 3.63) is 0 Å². The number of unbranched alkanes of at least 4 members (excludes halogenated alkanes) is 1. The third-order valence-corrected chi connectivity index (χ3v) is 3.04. The molecule has 0 heterocycles. The highest BCUT2D eigenvalue weighted by Gasteiger charge is 2.13. The van der Waals surface area contributed by atoms with Gasteiger partial charge in [0.15, 0.2) is 0 Å². The van der Waals surface area contributed by atoms with Crippen LogP contribution in [-0.2, 0) is 4.74 Å². The maximum Gasteiger partial charge on any atom is 0.0593 e. The second-order valence-electron chi connectivity index (χ2n) is 4.26. The van der Waals surface area contributed by atoms with Crippen molar-refractivity contribution < 1.29 is 4.74 Å². The van der Waals surface area contributed by atoms with Gasteiger partial charge < -0.3 is 10.5 Å². The molecule has 0 saturated carbocycles. The highest BCUT2D eigenvalue weighted by atomic mass is 16.5. The molecule has 0 aromatic carbocycles. The number of rotatable bonds is 11. The molecular weight excluding hydrogens is 200 g/mol. The zero-order valence-corrected chi connectivity index (χ0v) is 11.4. The number of nitrogens with zero attached hydrogens (tertiary/aromatic N) is 1. The maximum atomic E-state index is 5.65. The molecule has 0 aliphatic rings. The molecule has 0 aromatic rings. The number of nitrogens with two attached hydrogens (primary N) is 1. The van der Waals surface area contributed by atoms with Gasteiger partial charge in [-0.25, -0.2) is 0 Å². The van der Waals surface area contributed by atoms with Gasteiger partial charge >= 0.3 is 0 Å². The Morgan fingerprint density at radius 2 is 1.75 bits per heavy atom. The molecule has 0 aliphatic heterocycles. The monoisotopic (exact) mass is 230 g/mol. The molecule has 0 rings (SSSR count). The molecule has 0 amide bonds. The van der Waals surface area contributed by atoms with Crippen LogP contribution in [0.4, 0.5) is 0 Å². The highest BCUT2D eigenvalue weighted by molar-refractivity contribution is 4.69. The molecule has 16 heavy (non-hydrogen) atoms. The normalized spacial score (nSPS) is 11.6. The lowest BCUT2D eigenvalue weighted by molar-refractivity contribution is 0.0840. The van der Waals surface area contributed by atoms with E-state index in [1.165, 1.54) is 25.7 Å². The topological polar surface area (TPSA) is 38.5 Å². The molecule has 0 unspecified atom stereocenters. The Morgan fingerprint density at radius 1 is 1.06 bits per heavy atom. The average molecular weight is 230 g/mol. The molecule has 3 nitrogen and oxygen atoms in total. The van der Waals surface area contributed by atoms with Gasteiger partial charge in [-0.1, -0.05) is 27.2 Å². The van der Waals surface area contributed by atoms with Crippen LogP contribution in [0.25, 0.3) is 0 Å². The summed E-state index contributed by atoms with van der Waals surface area (Å²) in [4.78, 5) is 2.46. The SMILES string of the molecule is CCCCOCCN(CCN)C(CC)CC. The molecule has 0 saturated heterocycles. The molecule has 98 valence electrons. The van der Waals surface area contributed by atoms with E-state index in [4.69, 9.17) is 10.5 Å². The molecule has 0 radical (unpaired) electrons. The smallest absolute Gasteiger partial charge is 0.0593 e. The Morgan fingerprint density at radius 3 is 2.25 bits per heavy atom. The lowest BCUT2D eigenvalue weighted by atomic mass is 10.1. The maximum absolute atomic E-state index is 5.65. The van der Waals surface area contributed by atoms with E-state index < -0.39 is 0 Å². The molecule has 2 N–H and O–H groups in total. The van der Waals surface area contributed by atoms with E-state index in [0.717, 1.165) is 32.8 Å². The quantitative estimate of drug-likeness (QED) is 0.553. The lowest BCUT2D eigenvalue weighted by Gasteiger charge is -2.29. The van der Waals surface area contributed by atoms with E-state index in [2.05, 4.69) is 25.7 Å². The van der Waals surface area contributed by atoms with Crippen LogP contribution < -0.4 is 5.73 Å². The Balaban J connectivity index is 3.74. The Labute approximate surface area is 101 Å². The zero-order chi connectivity index (χ0) is 12.2. The van der Waals surface area contributed by atoms with Crippen LogP contribution in [-0.4, -0.2) is 43.8 Å². The minimum Gasteiger partial charge on any atom is -0.380 e. The number of hydrogen-bond donors (Lipinski definition) is 1. The first-order chi connectivity index (χ1) is 7.79. The molecule has 3 heteroatoms. The zero-order valence-electron chi connectivity index (χ0n) is 11.4. The van der Waals surface area contributed by atoms with Crippen LogP contribution in [0.3, 0.4) is 0 Å². The Hall–Kier alpha value is -0.120. The molecule has 0 spiro atoms. The van der Waals surface area contributed by atoms with Gasteiger partial charge in [0.1, 0.15) is 0 Å². The van der Waals surface area contributed by atoms with Crippen molar-refractivity contribution >= 4 is 0 Å². The van der Waals surface area contributed by atoms with Gasteiger partial charge in [0, 0.05) is 32.3 Å². The fourth-order valence-corrected chi connectivity index (χ4v) is 1.98. The Bertz CT molecular complexity index is 138. The summed E-state index contributed by atoms with van der Waals surface area (Å²) < 4.78 is 5.61. The minimum absolute atomic E-state index is 0.665. The fraction of sp³-hybridized carbons (Fsp3) is 1.00. The first-order valence-electron chi connectivity index (χ1n) is 6.81. The van der Waals surface area contributed by atoms with Crippen molar-refractivity contribution in [2.75, 3.05) is 32.8 Å². The number of hydrogen-bond acceptors (Lipinski definition) is 3. The first kappa shape index (κ1) is 15.9. The second kappa shape index (κ2) is 11.4. The average Bonchev–Trinajstić information content (AvgIpc) is 2.30. The van der Waals surface area contributed by atoms with E-state index in [0.29, 0.717) is 6.04 Å². The standard InChI is InChI=1S/C13H30N2O/c1-4-7-11-16-12-10-15(9-8-14)13(5-2)6-3/h13H,4-12,14H2,1-3H3. The summed E-state index contributed by atoms with van der Waals surface area (Å²) in [6.07, 6.45) is 4.78. The van der Waals surface area contributed by atoms with E-state index in [-0.39, 0.29) is 0 Å². The van der Waals surface area contributed by atoms with E-state index in [1.54, 1.807) is 0 Å². The van der Waals surface area contributed by atoms with Gasteiger partial charge in [0.05, 0.1) is 6.61 Å². The largest absolute Gasteiger partial charge is 0.380 e. The van der Waals surface area contributed by atoms with E-state index in [9.17, 15) is 0 Å². The van der Waals surface area contributed by atoms with E-state index >= 15 is 0 Å². The van der Waals surface area contributed by atoms with E-state index in [1.807, 2.05) is 0 Å². The van der Waals surface area contributed by atoms with Crippen LogP contribution >= 0.6 is 0 Å². The second-order valence-corrected chi connectivity index (χ2v) is 4.26. The first-order valence-corrected chi connectivity index (χ1v) is 6.81. The van der Waals surface area contributed by atoms with Crippen LogP contribution in [0, 0.1) is 0 Å². The van der Waals surface area contributed by atoms with Gasteiger partial charge in [-0.15, -0.1) is 0 Å². The Kier molecular flexibility index (Phi) is 11.3. The summed E-state index contributed by atoms with van der Waals surface area (Å²) in [7, 11) is 0.